The zero-order chi connectivity index (χ0) is 9.84. The summed E-state index contributed by atoms with van der Waals surface area (Å²) in [5.74, 6) is 1.14. The molecule has 1 aliphatic heterocycles. The van der Waals surface area contributed by atoms with Crippen molar-refractivity contribution in [2.24, 2.45) is 11.8 Å². The fourth-order valence-electron chi connectivity index (χ4n) is 1.53. The molecule has 0 aromatic heterocycles. The van der Waals surface area contributed by atoms with Gasteiger partial charge in [-0.1, -0.05) is 13.8 Å². The third-order valence-corrected chi connectivity index (χ3v) is 2.64. The van der Waals surface area contributed by atoms with Gasteiger partial charge in [-0.15, -0.1) is 0 Å². The summed E-state index contributed by atoms with van der Waals surface area (Å²) in [7, 11) is 1.39. The Kier molecular flexibility index (Phi) is 3.34. The number of rotatable bonds is 2. The van der Waals surface area contributed by atoms with Crippen molar-refractivity contribution in [3.63, 3.8) is 0 Å². The first-order valence-corrected chi connectivity index (χ1v) is 4.63. The van der Waals surface area contributed by atoms with Crippen LogP contribution in [-0.2, 0) is 9.53 Å². The van der Waals surface area contributed by atoms with Gasteiger partial charge in [-0.3, -0.25) is 0 Å². The molecule has 2 atom stereocenters. The molecule has 3 heteroatoms. The first-order valence-electron chi connectivity index (χ1n) is 4.63. The molecule has 1 aliphatic rings. The summed E-state index contributed by atoms with van der Waals surface area (Å²) in [5, 5.41) is 0. The van der Waals surface area contributed by atoms with E-state index in [4.69, 9.17) is 0 Å². The van der Waals surface area contributed by atoms with E-state index in [2.05, 4.69) is 23.5 Å². The largest absolute Gasteiger partial charge is 0.466 e. The normalized spacial score (nSPS) is 28.4. The molecule has 13 heavy (non-hydrogen) atoms. The van der Waals surface area contributed by atoms with Crippen molar-refractivity contribution in [3.05, 3.63) is 12.3 Å². The number of nitrogens with zero attached hydrogens (tertiary/aromatic N) is 1. The van der Waals surface area contributed by atoms with Gasteiger partial charge in [0.25, 0.3) is 0 Å². The number of likely N-dealkylation sites (tertiary alicyclic amines) is 1. The summed E-state index contributed by atoms with van der Waals surface area (Å²) in [6.07, 6.45) is 3.30. The van der Waals surface area contributed by atoms with Gasteiger partial charge in [-0.25, -0.2) is 4.79 Å². The number of esters is 1. The van der Waals surface area contributed by atoms with Gasteiger partial charge in [0.2, 0.25) is 0 Å². The van der Waals surface area contributed by atoms with Crippen molar-refractivity contribution in [1.82, 2.24) is 4.90 Å². The highest BCUT2D eigenvalue weighted by atomic mass is 16.5. The lowest BCUT2D eigenvalue weighted by Gasteiger charge is -2.10. The Hall–Kier alpha value is -0.990. The average molecular weight is 183 g/mol. The van der Waals surface area contributed by atoms with E-state index in [0.29, 0.717) is 11.8 Å². The molecule has 1 fully saturated rings. The number of methoxy groups -OCH3 is 1. The highest BCUT2D eigenvalue weighted by Crippen LogP contribution is 2.21. The van der Waals surface area contributed by atoms with Gasteiger partial charge in [0.15, 0.2) is 0 Å². The quantitative estimate of drug-likeness (QED) is 0.477. The maximum atomic E-state index is 10.8. The molecule has 1 heterocycles. The monoisotopic (exact) mass is 183 g/mol. The van der Waals surface area contributed by atoms with E-state index in [9.17, 15) is 4.79 Å². The molecule has 1 saturated heterocycles. The molecule has 1 rings (SSSR count). The lowest BCUT2D eigenvalue weighted by atomic mass is 10.0. The molecule has 74 valence electrons. The third-order valence-electron chi connectivity index (χ3n) is 2.64. The number of hydrogen-bond acceptors (Lipinski definition) is 3. The van der Waals surface area contributed by atoms with Gasteiger partial charge in [0.1, 0.15) is 0 Å². The van der Waals surface area contributed by atoms with Crippen molar-refractivity contribution in [1.29, 1.82) is 0 Å². The second kappa shape index (κ2) is 4.30. The Morgan fingerprint density at radius 1 is 1.38 bits per heavy atom. The van der Waals surface area contributed by atoms with Gasteiger partial charge in [-0.05, 0) is 11.8 Å². The molecule has 0 radical (unpaired) electrons. The molecule has 0 spiro atoms. The second-order valence-electron chi connectivity index (χ2n) is 3.75. The van der Waals surface area contributed by atoms with E-state index in [-0.39, 0.29) is 5.97 Å². The fraction of sp³-hybridized carbons (Fsp3) is 0.700. The lowest BCUT2D eigenvalue weighted by molar-refractivity contribution is -0.134. The van der Waals surface area contributed by atoms with E-state index in [1.807, 2.05) is 6.20 Å². The molecule has 0 amide bonds. The van der Waals surface area contributed by atoms with Crippen LogP contribution in [0.4, 0.5) is 0 Å². The van der Waals surface area contributed by atoms with Crippen LogP contribution in [0.1, 0.15) is 13.8 Å². The minimum Gasteiger partial charge on any atom is -0.466 e. The van der Waals surface area contributed by atoms with Crippen molar-refractivity contribution in [2.45, 2.75) is 13.8 Å². The van der Waals surface area contributed by atoms with Gasteiger partial charge in [0.05, 0.1) is 7.11 Å². The SMILES string of the molecule is COC(=O)C=CN1CC(C)C(C)C1. The molecule has 0 aromatic carbocycles. The predicted molar refractivity (Wildman–Crippen MR) is 51.1 cm³/mol. The molecule has 2 unspecified atom stereocenters. The van der Waals surface area contributed by atoms with Crippen LogP contribution in [0.25, 0.3) is 0 Å². The van der Waals surface area contributed by atoms with Crippen LogP contribution in [0, 0.1) is 11.8 Å². The predicted octanol–water partition coefficient (Wildman–Crippen LogP) is 1.26. The lowest BCUT2D eigenvalue weighted by Crippen LogP contribution is -2.13. The van der Waals surface area contributed by atoms with Gasteiger partial charge in [0, 0.05) is 25.4 Å². The topological polar surface area (TPSA) is 29.5 Å². The number of carbonyl (C=O) groups excluding carboxylic acids is 1. The van der Waals surface area contributed by atoms with E-state index >= 15 is 0 Å². The minimum absolute atomic E-state index is 0.285. The van der Waals surface area contributed by atoms with E-state index in [0.717, 1.165) is 13.1 Å². The molecule has 0 bridgehead atoms. The molecule has 0 aliphatic carbocycles. The minimum atomic E-state index is -0.285. The zero-order valence-electron chi connectivity index (χ0n) is 8.49. The molecular formula is C10H17NO2. The van der Waals surface area contributed by atoms with Crippen LogP contribution in [-0.4, -0.2) is 31.1 Å². The summed E-state index contributed by atoms with van der Waals surface area (Å²) >= 11 is 0. The van der Waals surface area contributed by atoms with Crippen LogP contribution in [0.3, 0.4) is 0 Å². The highest BCUT2D eigenvalue weighted by Gasteiger charge is 2.23. The Bertz CT molecular complexity index is 203. The van der Waals surface area contributed by atoms with Crippen LogP contribution < -0.4 is 0 Å². The maximum Gasteiger partial charge on any atom is 0.331 e. The molecule has 3 nitrogen and oxygen atoms in total. The smallest absolute Gasteiger partial charge is 0.331 e. The Morgan fingerprint density at radius 2 is 1.92 bits per heavy atom. The zero-order valence-corrected chi connectivity index (χ0v) is 8.49. The number of ether oxygens (including phenoxy) is 1. The van der Waals surface area contributed by atoms with Crippen molar-refractivity contribution in [2.75, 3.05) is 20.2 Å². The summed E-state index contributed by atoms with van der Waals surface area (Å²) in [6.45, 7) is 6.54. The molecular weight excluding hydrogens is 166 g/mol. The van der Waals surface area contributed by atoms with E-state index in [1.165, 1.54) is 13.2 Å². The number of carbonyl (C=O) groups is 1. The van der Waals surface area contributed by atoms with Crippen molar-refractivity contribution in [3.8, 4) is 0 Å². The van der Waals surface area contributed by atoms with Gasteiger partial charge in [-0.2, -0.15) is 0 Å². The second-order valence-corrected chi connectivity index (χ2v) is 3.75. The fourth-order valence-corrected chi connectivity index (χ4v) is 1.53. The first kappa shape index (κ1) is 10.1. The summed E-state index contributed by atoms with van der Waals surface area (Å²) in [5.41, 5.74) is 0. The average Bonchev–Trinajstić information content (AvgIpc) is 2.42. The molecule has 0 N–H and O–H groups in total. The van der Waals surface area contributed by atoms with Gasteiger partial charge >= 0.3 is 5.97 Å². The van der Waals surface area contributed by atoms with Crippen molar-refractivity contribution < 1.29 is 9.53 Å². The summed E-state index contributed by atoms with van der Waals surface area (Å²) in [6, 6.07) is 0. The van der Waals surface area contributed by atoms with Crippen molar-refractivity contribution >= 4 is 5.97 Å². The molecule has 0 aromatic rings. The Balaban J connectivity index is 2.39. The highest BCUT2D eigenvalue weighted by molar-refractivity contribution is 5.81. The van der Waals surface area contributed by atoms with Crippen LogP contribution in [0.2, 0.25) is 0 Å². The molecule has 0 saturated carbocycles. The van der Waals surface area contributed by atoms with E-state index in [1.54, 1.807) is 0 Å². The Morgan fingerprint density at radius 3 is 2.38 bits per heavy atom. The van der Waals surface area contributed by atoms with E-state index < -0.39 is 0 Å². The maximum absolute atomic E-state index is 10.8. The first-order chi connectivity index (χ1) is 6.13. The number of hydrogen-bond donors (Lipinski definition) is 0. The Labute approximate surface area is 79.4 Å². The third kappa shape index (κ3) is 2.76. The standard InChI is InChI=1S/C10H17NO2/c1-8-6-11(7-9(8)2)5-4-10(12)13-3/h4-5,8-9H,6-7H2,1-3H3. The summed E-state index contributed by atoms with van der Waals surface area (Å²) < 4.78 is 4.51. The summed E-state index contributed by atoms with van der Waals surface area (Å²) in [4.78, 5) is 13.0. The van der Waals surface area contributed by atoms with Crippen LogP contribution in [0.15, 0.2) is 12.3 Å². The van der Waals surface area contributed by atoms with Gasteiger partial charge < -0.3 is 9.64 Å². The van der Waals surface area contributed by atoms with Crippen LogP contribution >= 0.6 is 0 Å². The van der Waals surface area contributed by atoms with Crippen LogP contribution in [0.5, 0.6) is 0 Å².